The maximum absolute atomic E-state index is 12.6. The van der Waals surface area contributed by atoms with Gasteiger partial charge in [0, 0.05) is 0 Å². The van der Waals surface area contributed by atoms with E-state index in [0.29, 0.717) is 0 Å². The van der Waals surface area contributed by atoms with Crippen LogP contribution in [0.25, 0.3) is 0 Å². The Hall–Kier alpha value is -1.06. The molecule has 8 heteroatoms. The third-order valence-corrected chi connectivity index (χ3v) is 1.46. The number of halogens is 5. The second-order valence-electron chi connectivity index (χ2n) is 2.31. The molecule has 0 aliphatic carbocycles. The van der Waals surface area contributed by atoms with E-state index < -0.39 is 40.6 Å². The van der Waals surface area contributed by atoms with Crippen LogP contribution in [0.15, 0.2) is 0 Å². The first kappa shape index (κ1) is 13.9. The van der Waals surface area contributed by atoms with Crippen LogP contribution >= 0.6 is 0 Å². The van der Waals surface area contributed by atoms with Crippen molar-refractivity contribution in [3.63, 3.8) is 0 Å². The van der Waals surface area contributed by atoms with Crippen LogP contribution in [0, 0.1) is 29.1 Å². The van der Waals surface area contributed by atoms with Gasteiger partial charge >= 0.3 is 18.9 Å². The standard InChI is InChI=1S/C7H2F5NO.Li.H/c8-2-1(7(13)14)3(9)5(11)6(12)4(2)10;;/h(H2,13,14);;. The summed E-state index contributed by atoms with van der Waals surface area (Å²) < 4.78 is 62.4. The van der Waals surface area contributed by atoms with Crippen LogP contribution in [-0.2, 0) is 0 Å². The van der Waals surface area contributed by atoms with Gasteiger partial charge in [-0.15, -0.1) is 0 Å². The monoisotopic (exact) mass is 219 g/mol. The van der Waals surface area contributed by atoms with Crippen molar-refractivity contribution in [1.29, 1.82) is 0 Å². The molecule has 2 nitrogen and oxygen atoms in total. The average Bonchev–Trinajstić information content (AvgIpc) is 2.11. The van der Waals surface area contributed by atoms with Gasteiger partial charge in [-0.2, -0.15) is 0 Å². The van der Waals surface area contributed by atoms with Crippen molar-refractivity contribution in [3.8, 4) is 0 Å². The Balaban J connectivity index is 0.00000196. The van der Waals surface area contributed by atoms with Crippen LogP contribution in [0.5, 0.6) is 0 Å². The third kappa shape index (κ3) is 2.13. The number of hydrogen-bond acceptors (Lipinski definition) is 1. The molecule has 15 heavy (non-hydrogen) atoms. The van der Waals surface area contributed by atoms with Crippen LogP contribution in [-0.4, -0.2) is 24.8 Å². The zero-order valence-electron chi connectivity index (χ0n) is 6.38. The van der Waals surface area contributed by atoms with Crippen molar-refractivity contribution >= 4 is 24.8 Å². The Morgan fingerprint density at radius 1 is 0.800 bits per heavy atom. The van der Waals surface area contributed by atoms with Gasteiger partial charge in [0.1, 0.15) is 5.56 Å². The Bertz CT molecular complexity index is 393. The molecular formula is C7H3F5LiNO. The van der Waals surface area contributed by atoms with E-state index in [9.17, 15) is 26.7 Å². The van der Waals surface area contributed by atoms with Gasteiger partial charge < -0.3 is 5.73 Å². The molecular weight excluding hydrogens is 216 g/mol. The summed E-state index contributed by atoms with van der Waals surface area (Å²) in [5.74, 6) is -12.9. The number of rotatable bonds is 1. The van der Waals surface area contributed by atoms with Crippen LogP contribution in [0.2, 0.25) is 0 Å². The van der Waals surface area contributed by atoms with Crippen molar-refractivity contribution in [2.24, 2.45) is 5.73 Å². The van der Waals surface area contributed by atoms with Crippen molar-refractivity contribution < 1.29 is 26.7 Å². The molecule has 1 amide bonds. The SMILES string of the molecule is NC(=O)c1c(F)c(F)c(F)c(F)c1F.[LiH]. The summed E-state index contributed by atoms with van der Waals surface area (Å²) >= 11 is 0. The molecule has 0 unspecified atom stereocenters. The molecule has 0 saturated heterocycles. The molecule has 0 aliphatic heterocycles. The summed E-state index contributed by atoms with van der Waals surface area (Å²) in [7, 11) is 0. The van der Waals surface area contributed by atoms with Crippen LogP contribution < -0.4 is 5.73 Å². The van der Waals surface area contributed by atoms with E-state index in [1.807, 2.05) is 0 Å². The number of amides is 1. The Morgan fingerprint density at radius 3 is 1.33 bits per heavy atom. The summed E-state index contributed by atoms with van der Waals surface area (Å²) in [5, 5.41) is 0. The van der Waals surface area contributed by atoms with Crippen LogP contribution in [0.1, 0.15) is 10.4 Å². The number of carbonyl (C=O) groups is 1. The molecule has 0 spiro atoms. The van der Waals surface area contributed by atoms with E-state index in [2.05, 4.69) is 5.73 Å². The second kappa shape index (κ2) is 4.64. The first-order valence-corrected chi connectivity index (χ1v) is 3.19. The molecule has 0 aliphatic rings. The van der Waals surface area contributed by atoms with Gasteiger partial charge in [0.2, 0.25) is 5.82 Å². The minimum atomic E-state index is -2.33. The van der Waals surface area contributed by atoms with Crippen molar-refractivity contribution in [2.45, 2.75) is 0 Å². The predicted molar refractivity (Wildman–Crippen MR) is 41.9 cm³/mol. The number of nitrogens with two attached hydrogens (primary N) is 1. The molecule has 0 atom stereocenters. The zero-order chi connectivity index (χ0) is 11.0. The van der Waals surface area contributed by atoms with E-state index in [0.717, 1.165) is 0 Å². The van der Waals surface area contributed by atoms with E-state index in [-0.39, 0.29) is 18.9 Å². The first-order chi connectivity index (χ1) is 6.37. The molecule has 1 aromatic rings. The maximum atomic E-state index is 12.6. The molecule has 1 aromatic carbocycles. The van der Waals surface area contributed by atoms with E-state index in [1.54, 1.807) is 0 Å². The fraction of sp³-hybridized carbons (Fsp3) is 0. The average molecular weight is 219 g/mol. The van der Waals surface area contributed by atoms with Crippen molar-refractivity contribution in [3.05, 3.63) is 34.6 Å². The fourth-order valence-electron chi connectivity index (χ4n) is 0.821. The Morgan fingerprint density at radius 2 is 1.07 bits per heavy atom. The van der Waals surface area contributed by atoms with Gasteiger partial charge in [-0.1, -0.05) is 0 Å². The van der Waals surface area contributed by atoms with Gasteiger partial charge in [-0.05, 0) is 0 Å². The minimum absolute atomic E-state index is 0. The van der Waals surface area contributed by atoms with Gasteiger partial charge in [-0.3, -0.25) is 4.79 Å². The molecule has 1 rings (SSSR count). The molecule has 78 valence electrons. The van der Waals surface area contributed by atoms with Crippen LogP contribution in [0.4, 0.5) is 22.0 Å². The normalized spacial score (nSPS) is 9.67. The van der Waals surface area contributed by atoms with Gasteiger partial charge in [0.25, 0.3) is 5.91 Å². The predicted octanol–water partition coefficient (Wildman–Crippen LogP) is 0.832. The van der Waals surface area contributed by atoms with E-state index in [1.165, 1.54) is 0 Å². The summed E-state index contributed by atoms with van der Waals surface area (Å²) in [6.07, 6.45) is 0. The molecule has 0 fully saturated rings. The Kier molecular flexibility index (Phi) is 4.31. The topological polar surface area (TPSA) is 43.1 Å². The van der Waals surface area contributed by atoms with E-state index in [4.69, 9.17) is 0 Å². The van der Waals surface area contributed by atoms with Crippen molar-refractivity contribution in [2.75, 3.05) is 0 Å². The zero-order valence-corrected chi connectivity index (χ0v) is 6.38. The summed E-state index contributed by atoms with van der Waals surface area (Å²) in [4.78, 5) is 10.3. The molecule has 0 saturated carbocycles. The van der Waals surface area contributed by atoms with Gasteiger partial charge in [-0.25, -0.2) is 22.0 Å². The number of hydrogen-bond donors (Lipinski definition) is 1. The van der Waals surface area contributed by atoms with Crippen molar-refractivity contribution in [1.82, 2.24) is 0 Å². The Labute approximate surface area is 92.4 Å². The second-order valence-corrected chi connectivity index (χ2v) is 2.31. The van der Waals surface area contributed by atoms with Gasteiger partial charge in [0.15, 0.2) is 23.3 Å². The molecule has 2 N–H and O–H groups in total. The molecule has 0 heterocycles. The first-order valence-electron chi connectivity index (χ1n) is 3.19. The van der Waals surface area contributed by atoms with E-state index >= 15 is 0 Å². The summed E-state index contributed by atoms with van der Waals surface area (Å²) in [5.41, 5.74) is 2.79. The quantitative estimate of drug-likeness (QED) is 0.323. The summed E-state index contributed by atoms with van der Waals surface area (Å²) in [6.45, 7) is 0. The molecule has 0 radical (unpaired) electrons. The number of primary amides is 1. The number of carbonyl (C=O) groups excluding carboxylic acids is 1. The number of benzene rings is 1. The van der Waals surface area contributed by atoms with Gasteiger partial charge in [0.05, 0.1) is 0 Å². The molecule has 0 aromatic heterocycles. The fourth-order valence-corrected chi connectivity index (χ4v) is 0.821. The summed E-state index contributed by atoms with van der Waals surface area (Å²) in [6, 6.07) is 0. The van der Waals surface area contributed by atoms with Crippen LogP contribution in [0.3, 0.4) is 0 Å². The third-order valence-electron chi connectivity index (χ3n) is 1.46. The molecule has 0 bridgehead atoms.